The fourth-order valence-electron chi connectivity index (χ4n) is 2.32. The fourth-order valence-corrected chi connectivity index (χ4v) is 3.91. The average Bonchev–Trinajstić information content (AvgIpc) is 2.46. The molecule has 4 nitrogen and oxygen atoms in total. The van der Waals surface area contributed by atoms with Gasteiger partial charge >= 0.3 is 0 Å². The van der Waals surface area contributed by atoms with Gasteiger partial charge in [-0.25, -0.2) is 8.42 Å². The Balaban J connectivity index is 3.14. The van der Waals surface area contributed by atoms with Gasteiger partial charge in [0.25, 0.3) is 0 Å². The number of carbonyl (C=O) groups is 1. The molecule has 0 aromatic heterocycles. The number of benzene rings is 1. The van der Waals surface area contributed by atoms with E-state index in [9.17, 15) is 13.2 Å². The third kappa shape index (κ3) is 4.23. The average molecular weight is 346 g/mol. The van der Waals surface area contributed by atoms with Crippen LogP contribution in [0.1, 0.15) is 45.2 Å². The quantitative estimate of drug-likeness (QED) is 0.820. The van der Waals surface area contributed by atoms with Crippen LogP contribution < -0.4 is 5.32 Å². The Labute approximate surface area is 138 Å². The lowest BCUT2D eigenvalue weighted by Gasteiger charge is -2.18. The highest BCUT2D eigenvalue weighted by molar-refractivity contribution is 7.92. The van der Waals surface area contributed by atoms with E-state index >= 15 is 0 Å². The second-order valence-corrected chi connectivity index (χ2v) is 8.11. The molecular weight excluding hydrogens is 322 g/mol. The van der Waals surface area contributed by atoms with Crippen LogP contribution in [0, 0.1) is 0 Å². The molecular formula is C16H24ClNO3S. The summed E-state index contributed by atoms with van der Waals surface area (Å²) in [7, 11) is -3.42. The second kappa shape index (κ2) is 7.97. The normalized spacial score (nSPS) is 13.0. The Morgan fingerprint density at radius 1 is 1.23 bits per heavy atom. The van der Waals surface area contributed by atoms with Crippen molar-refractivity contribution >= 4 is 33.0 Å². The van der Waals surface area contributed by atoms with Crippen LogP contribution in [0.5, 0.6) is 0 Å². The molecule has 1 N–H and O–H groups in total. The number of carbonyl (C=O) groups excluding carboxylic acids is 1. The van der Waals surface area contributed by atoms with Crippen molar-refractivity contribution in [3.8, 4) is 0 Å². The molecule has 1 unspecified atom stereocenters. The van der Waals surface area contributed by atoms with Crippen molar-refractivity contribution in [3.05, 3.63) is 28.3 Å². The molecule has 1 rings (SSSR count). The first kappa shape index (κ1) is 19.0. The Morgan fingerprint density at radius 2 is 1.86 bits per heavy atom. The van der Waals surface area contributed by atoms with Crippen molar-refractivity contribution in [2.24, 2.45) is 0 Å². The molecule has 0 fully saturated rings. The van der Waals surface area contributed by atoms with Crippen LogP contribution in [0.4, 0.5) is 5.69 Å². The molecule has 0 saturated carbocycles. The van der Waals surface area contributed by atoms with Crippen LogP contribution in [0.3, 0.4) is 0 Å². The van der Waals surface area contributed by atoms with Gasteiger partial charge in [0, 0.05) is 10.7 Å². The van der Waals surface area contributed by atoms with Gasteiger partial charge in [-0.15, -0.1) is 0 Å². The minimum absolute atomic E-state index is 0.0123. The topological polar surface area (TPSA) is 63.2 Å². The third-order valence-corrected chi connectivity index (χ3v) is 6.34. The van der Waals surface area contributed by atoms with E-state index in [1.807, 2.05) is 26.0 Å². The number of aryl methyl sites for hydroxylation is 1. The molecule has 1 atom stereocenters. The Kier molecular flexibility index (Phi) is 6.88. The summed E-state index contributed by atoms with van der Waals surface area (Å²) in [6, 6.07) is 3.68. The van der Waals surface area contributed by atoms with E-state index in [2.05, 4.69) is 5.32 Å². The molecule has 124 valence electrons. The lowest BCUT2D eigenvalue weighted by molar-refractivity contribution is -0.115. The number of rotatable bonds is 7. The molecule has 0 aliphatic heterocycles. The van der Waals surface area contributed by atoms with Crippen LogP contribution in [0.15, 0.2) is 12.1 Å². The molecule has 0 radical (unpaired) electrons. The summed E-state index contributed by atoms with van der Waals surface area (Å²) in [6.07, 6.45) is 1.89. The fraction of sp³-hybridized carbons (Fsp3) is 0.562. The monoisotopic (exact) mass is 345 g/mol. The molecule has 6 heteroatoms. The van der Waals surface area contributed by atoms with Crippen molar-refractivity contribution in [1.29, 1.82) is 0 Å². The van der Waals surface area contributed by atoms with Crippen molar-refractivity contribution in [3.63, 3.8) is 0 Å². The first-order valence-corrected chi connectivity index (χ1v) is 9.70. The van der Waals surface area contributed by atoms with Gasteiger partial charge in [-0.05, 0) is 43.4 Å². The Morgan fingerprint density at radius 3 is 2.36 bits per heavy atom. The Bertz CT molecular complexity index is 641. The predicted octanol–water partition coefficient (Wildman–Crippen LogP) is 3.62. The van der Waals surface area contributed by atoms with Crippen LogP contribution >= 0.6 is 11.6 Å². The Hall–Kier alpha value is -1.07. The van der Waals surface area contributed by atoms with Gasteiger partial charge in [-0.3, -0.25) is 4.79 Å². The summed E-state index contributed by atoms with van der Waals surface area (Å²) >= 11 is 6.19. The van der Waals surface area contributed by atoms with Gasteiger partial charge in [-0.2, -0.15) is 0 Å². The van der Waals surface area contributed by atoms with E-state index < -0.39 is 21.0 Å². The predicted molar refractivity (Wildman–Crippen MR) is 92.4 cm³/mol. The molecule has 1 amide bonds. The summed E-state index contributed by atoms with van der Waals surface area (Å²) in [5.41, 5.74) is 2.45. The number of nitrogens with one attached hydrogen (secondary N) is 1. The van der Waals surface area contributed by atoms with Crippen LogP contribution in [-0.2, 0) is 27.5 Å². The summed E-state index contributed by atoms with van der Waals surface area (Å²) in [5.74, 6) is -0.488. The third-order valence-electron chi connectivity index (χ3n) is 3.72. The van der Waals surface area contributed by atoms with Gasteiger partial charge in [0.15, 0.2) is 9.84 Å². The smallest absolute Gasteiger partial charge is 0.242 e. The lowest BCUT2D eigenvalue weighted by atomic mass is 10.0. The number of hydrogen-bond donors (Lipinski definition) is 1. The first-order chi connectivity index (χ1) is 10.3. The van der Waals surface area contributed by atoms with Crippen molar-refractivity contribution < 1.29 is 13.2 Å². The molecule has 0 heterocycles. The van der Waals surface area contributed by atoms with Gasteiger partial charge in [0.2, 0.25) is 5.91 Å². The first-order valence-electron chi connectivity index (χ1n) is 7.61. The largest absolute Gasteiger partial charge is 0.324 e. The molecule has 0 aliphatic carbocycles. The zero-order valence-corrected chi connectivity index (χ0v) is 15.1. The summed E-state index contributed by atoms with van der Waals surface area (Å²) in [4.78, 5) is 12.3. The lowest BCUT2D eigenvalue weighted by Crippen LogP contribution is -2.34. The highest BCUT2D eigenvalue weighted by Crippen LogP contribution is 2.29. The summed E-state index contributed by atoms with van der Waals surface area (Å²) in [5, 5.41) is 2.30. The molecule has 1 aromatic rings. The number of halogens is 1. The van der Waals surface area contributed by atoms with E-state index in [-0.39, 0.29) is 5.75 Å². The standard InChI is InChI=1S/C16H24ClNO3S/c1-5-10-22(20,21)11(4)16(19)18-15-12(6-2)8-9-14(17)13(15)7-3/h8-9,11H,5-7,10H2,1-4H3,(H,18,19). The number of sulfone groups is 1. The van der Waals surface area contributed by atoms with Gasteiger partial charge in [0.1, 0.15) is 5.25 Å². The van der Waals surface area contributed by atoms with Gasteiger partial charge in [0.05, 0.1) is 5.75 Å². The van der Waals surface area contributed by atoms with Crippen LogP contribution in [0.25, 0.3) is 0 Å². The SMILES string of the molecule is CCCS(=O)(=O)C(C)C(=O)Nc1c(CC)ccc(Cl)c1CC. The van der Waals surface area contributed by atoms with E-state index in [0.29, 0.717) is 23.6 Å². The van der Waals surface area contributed by atoms with Gasteiger partial charge in [-0.1, -0.05) is 38.4 Å². The van der Waals surface area contributed by atoms with Crippen LogP contribution in [0.2, 0.25) is 5.02 Å². The van der Waals surface area contributed by atoms with Crippen LogP contribution in [-0.4, -0.2) is 25.3 Å². The van der Waals surface area contributed by atoms with Crippen molar-refractivity contribution in [2.45, 2.75) is 52.2 Å². The molecule has 0 aliphatic rings. The highest BCUT2D eigenvalue weighted by atomic mass is 35.5. The maximum Gasteiger partial charge on any atom is 0.242 e. The highest BCUT2D eigenvalue weighted by Gasteiger charge is 2.28. The number of hydrogen-bond acceptors (Lipinski definition) is 3. The molecule has 0 bridgehead atoms. The maximum absolute atomic E-state index is 12.3. The van der Waals surface area contributed by atoms with E-state index in [0.717, 1.165) is 17.5 Å². The zero-order chi connectivity index (χ0) is 16.9. The summed E-state index contributed by atoms with van der Waals surface area (Å²) < 4.78 is 24.1. The second-order valence-electron chi connectivity index (χ2n) is 5.27. The van der Waals surface area contributed by atoms with Crippen molar-refractivity contribution in [2.75, 3.05) is 11.1 Å². The van der Waals surface area contributed by atoms with E-state index in [1.165, 1.54) is 6.92 Å². The van der Waals surface area contributed by atoms with Crippen molar-refractivity contribution in [1.82, 2.24) is 0 Å². The van der Waals surface area contributed by atoms with Gasteiger partial charge < -0.3 is 5.32 Å². The number of anilines is 1. The van der Waals surface area contributed by atoms with E-state index in [4.69, 9.17) is 11.6 Å². The molecule has 22 heavy (non-hydrogen) atoms. The molecule has 0 saturated heterocycles. The minimum atomic E-state index is -3.42. The maximum atomic E-state index is 12.3. The molecule has 0 spiro atoms. The summed E-state index contributed by atoms with van der Waals surface area (Å²) in [6.45, 7) is 7.15. The zero-order valence-electron chi connectivity index (χ0n) is 13.6. The minimum Gasteiger partial charge on any atom is -0.324 e. The molecule has 1 aromatic carbocycles. The number of amides is 1. The van der Waals surface area contributed by atoms with E-state index in [1.54, 1.807) is 6.92 Å².